The van der Waals surface area contributed by atoms with Crippen LogP contribution in [0.3, 0.4) is 0 Å². The molecule has 0 unspecified atom stereocenters. The van der Waals surface area contributed by atoms with Gasteiger partial charge in [-0.3, -0.25) is 4.79 Å². The minimum Gasteiger partial charge on any atom is -0.326 e. The fourth-order valence-corrected chi connectivity index (χ4v) is 2.72. The molecule has 3 N–H and O–H groups in total. The molecule has 3 rings (SSSR count). The number of hydrogen-bond donors (Lipinski definition) is 3. The van der Waals surface area contributed by atoms with Gasteiger partial charge in [0.25, 0.3) is 5.91 Å². The van der Waals surface area contributed by atoms with Crippen LogP contribution in [0.2, 0.25) is 0 Å². The lowest BCUT2D eigenvalue weighted by Gasteiger charge is -2.29. The summed E-state index contributed by atoms with van der Waals surface area (Å²) in [6.07, 6.45) is 0. The first-order valence-corrected chi connectivity index (χ1v) is 7.56. The quantitative estimate of drug-likeness (QED) is 0.801. The van der Waals surface area contributed by atoms with Crippen LogP contribution < -0.4 is 16.0 Å². The Morgan fingerprint density at radius 2 is 1.68 bits per heavy atom. The van der Waals surface area contributed by atoms with Gasteiger partial charge in [0.1, 0.15) is 11.6 Å². The van der Waals surface area contributed by atoms with E-state index in [1.165, 1.54) is 13.0 Å². The topological polar surface area (TPSA) is 70.2 Å². The highest BCUT2D eigenvalue weighted by atomic mass is 19.1. The van der Waals surface area contributed by atoms with Gasteiger partial charge in [-0.1, -0.05) is 24.3 Å². The number of nitrogens with one attached hydrogen (secondary N) is 3. The third-order valence-corrected chi connectivity index (χ3v) is 3.83. The Balaban J connectivity index is 2.02. The fourth-order valence-electron chi connectivity index (χ4n) is 2.72. The molecule has 0 aliphatic carbocycles. The number of benzene rings is 2. The van der Waals surface area contributed by atoms with Crippen LogP contribution in [-0.4, -0.2) is 11.9 Å². The smallest absolute Gasteiger partial charge is 0.319 e. The molecule has 0 saturated heterocycles. The molecule has 128 valence electrons. The molecule has 5 nitrogen and oxygen atoms in total. The van der Waals surface area contributed by atoms with Crippen LogP contribution in [0.25, 0.3) is 0 Å². The van der Waals surface area contributed by atoms with Gasteiger partial charge in [0.2, 0.25) is 0 Å². The molecular weight excluding hydrogens is 328 g/mol. The lowest BCUT2D eigenvalue weighted by Crippen LogP contribution is -2.46. The number of amides is 3. The summed E-state index contributed by atoms with van der Waals surface area (Å²) in [6, 6.07) is 10.1. The Labute approximate surface area is 142 Å². The number of carbonyl (C=O) groups excluding carboxylic acids is 2. The number of allylic oxidation sites excluding steroid dienone is 1. The molecule has 1 aliphatic heterocycles. The lowest BCUT2D eigenvalue weighted by molar-refractivity contribution is -0.113. The Hall–Kier alpha value is -3.22. The van der Waals surface area contributed by atoms with Crippen LogP contribution >= 0.6 is 0 Å². The number of hydrogen-bond acceptors (Lipinski definition) is 2. The van der Waals surface area contributed by atoms with Crippen molar-refractivity contribution >= 4 is 17.6 Å². The zero-order valence-corrected chi connectivity index (χ0v) is 13.3. The minimum atomic E-state index is -1.24. The first-order chi connectivity index (χ1) is 12.0. The minimum absolute atomic E-state index is 0.0347. The zero-order chi connectivity index (χ0) is 18.0. The fraction of sp³-hybridized carbons (Fsp3) is 0.111. The van der Waals surface area contributed by atoms with Crippen LogP contribution in [0.5, 0.6) is 0 Å². The summed E-state index contributed by atoms with van der Waals surface area (Å²) in [4.78, 5) is 24.5. The van der Waals surface area contributed by atoms with Crippen molar-refractivity contribution in [3.63, 3.8) is 0 Å². The average molecular weight is 343 g/mol. The maximum atomic E-state index is 14.2. The van der Waals surface area contributed by atoms with E-state index in [9.17, 15) is 18.4 Å². The molecular formula is C18H15F2N3O2. The van der Waals surface area contributed by atoms with Crippen LogP contribution in [0.4, 0.5) is 19.3 Å². The van der Waals surface area contributed by atoms with Gasteiger partial charge in [-0.15, -0.1) is 0 Å². The average Bonchev–Trinajstić information content (AvgIpc) is 2.55. The van der Waals surface area contributed by atoms with Gasteiger partial charge < -0.3 is 16.0 Å². The van der Waals surface area contributed by atoms with Crippen molar-refractivity contribution in [2.75, 3.05) is 5.32 Å². The Morgan fingerprint density at radius 3 is 2.32 bits per heavy atom. The lowest BCUT2D eigenvalue weighted by atomic mass is 9.94. The molecule has 1 heterocycles. The van der Waals surface area contributed by atoms with Gasteiger partial charge in [0.15, 0.2) is 0 Å². The highest BCUT2D eigenvalue weighted by Crippen LogP contribution is 2.31. The van der Waals surface area contributed by atoms with E-state index in [2.05, 4.69) is 16.0 Å². The van der Waals surface area contributed by atoms with Gasteiger partial charge in [0, 0.05) is 11.4 Å². The predicted octanol–water partition coefficient (Wildman–Crippen LogP) is 3.23. The van der Waals surface area contributed by atoms with Crippen molar-refractivity contribution < 1.29 is 18.4 Å². The van der Waals surface area contributed by atoms with E-state index in [0.717, 1.165) is 12.1 Å². The van der Waals surface area contributed by atoms with E-state index >= 15 is 0 Å². The summed E-state index contributed by atoms with van der Waals surface area (Å²) in [5.74, 6) is -2.25. The number of anilines is 1. The maximum Gasteiger partial charge on any atom is 0.319 e. The second-order valence-corrected chi connectivity index (χ2v) is 5.53. The highest BCUT2D eigenvalue weighted by Gasteiger charge is 2.34. The van der Waals surface area contributed by atoms with Crippen molar-refractivity contribution in [3.05, 3.63) is 77.0 Å². The van der Waals surface area contributed by atoms with E-state index < -0.39 is 29.6 Å². The molecule has 0 radical (unpaired) electrons. The normalized spacial score (nSPS) is 16.9. The summed E-state index contributed by atoms with van der Waals surface area (Å²) in [6.45, 7) is 1.50. The molecule has 0 spiro atoms. The second kappa shape index (κ2) is 6.72. The Morgan fingerprint density at radius 1 is 1.04 bits per heavy atom. The molecule has 2 aromatic rings. The van der Waals surface area contributed by atoms with Gasteiger partial charge in [-0.05, 0) is 31.2 Å². The molecule has 0 saturated carbocycles. The van der Waals surface area contributed by atoms with E-state index in [0.29, 0.717) is 5.69 Å². The maximum absolute atomic E-state index is 14.2. The van der Waals surface area contributed by atoms with Gasteiger partial charge in [0.05, 0.1) is 17.2 Å². The van der Waals surface area contributed by atoms with Crippen molar-refractivity contribution in [1.29, 1.82) is 0 Å². The molecule has 25 heavy (non-hydrogen) atoms. The molecule has 1 aliphatic rings. The van der Waals surface area contributed by atoms with Gasteiger partial charge >= 0.3 is 6.03 Å². The Bertz CT molecular complexity index is 846. The predicted molar refractivity (Wildman–Crippen MR) is 88.5 cm³/mol. The van der Waals surface area contributed by atoms with Crippen LogP contribution in [0.1, 0.15) is 18.5 Å². The number of para-hydroxylation sites is 1. The van der Waals surface area contributed by atoms with E-state index in [1.807, 2.05) is 0 Å². The standard InChI is InChI=1S/C18H15F2N3O2/c1-10-14(17(24)22-11-6-3-2-4-7-11)16(23-18(25)21-10)15-12(19)8-5-9-13(15)20/h2-9,16H,1H3,(H,22,24)(H2,21,23,25)/t16-/m1/s1. The summed E-state index contributed by atoms with van der Waals surface area (Å²) >= 11 is 0. The van der Waals surface area contributed by atoms with Crippen LogP contribution in [0, 0.1) is 11.6 Å². The summed E-state index contributed by atoms with van der Waals surface area (Å²) in [5, 5.41) is 7.53. The van der Waals surface area contributed by atoms with E-state index in [-0.39, 0.29) is 16.8 Å². The number of halogens is 2. The summed E-state index contributed by atoms with van der Waals surface area (Å²) in [5.41, 5.74) is 0.407. The molecule has 0 fully saturated rings. The van der Waals surface area contributed by atoms with Crippen molar-refractivity contribution in [3.8, 4) is 0 Å². The number of rotatable bonds is 3. The largest absolute Gasteiger partial charge is 0.326 e. The first-order valence-electron chi connectivity index (χ1n) is 7.56. The van der Waals surface area contributed by atoms with Gasteiger partial charge in [-0.25, -0.2) is 13.6 Å². The van der Waals surface area contributed by atoms with Crippen molar-refractivity contribution in [2.24, 2.45) is 0 Å². The van der Waals surface area contributed by atoms with E-state index in [4.69, 9.17) is 0 Å². The molecule has 3 amide bonds. The number of carbonyl (C=O) groups is 2. The molecule has 2 aromatic carbocycles. The monoisotopic (exact) mass is 343 g/mol. The summed E-state index contributed by atoms with van der Waals surface area (Å²) in [7, 11) is 0. The highest BCUT2D eigenvalue weighted by molar-refractivity contribution is 6.06. The van der Waals surface area contributed by atoms with Gasteiger partial charge in [-0.2, -0.15) is 0 Å². The SMILES string of the molecule is CC1=C(C(=O)Nc2ccccc2)[C@H](c2c(F)cccc2F)NC(=O)N1. The Kier molecular flexibility index (Phi) is 4.47. The van der Waals surface area contributed by atoms with Crippen molar-refractivity contribution in [1.82, 2.24) is 10.6 Å². The number of urea groups is 1. The molecule has 7 heteroatoms. The zero-order valence-electron chi connectivity index (χ0n) is 13.3. The van der Waals surface area contributed by atoms with E-state index in [1.54, 1.807) is 30.3 Å². The summed E-state index contributed by atoms with van der Waals surface area (Å²) < 4.78 is 28.4. The molecule has 0 bridgehead atoms. The first kappa shape index (κ1) is 16.6. The molecule has 0 aromatic heterocycles. The van der Waals surface area contributed by atoms with Crippen LogP contribution in [0.15, 0.2) is 59.8 Å². The van der Waals surface area contributed by atoms with Crippen LogP contribution in [-0.2, 0) is 4.79 Å². The molecule has 1 atom stereocenters. The third kappa shape index (κ3) is 3.35. The second-order valence-electron chi connectivity index (χ2n) is 5.53. The van der Waals surface area contributed by atoms with Crippen molar-refractivity contribution in [2.45, 2.75) is 13.0 Å². The third-order valence-electron chi connectivity index (χ3n) is 3.83.